The quantitative estimate of drug-likeness (QED) is 0.0891. The number of benzene rings is 3. The highest BCUT2D eigenvalue weighted by molar-refractivity contribution is 6.07. The fourth-order valence-corrected chi connectivity index (χ4v) is 10.5. The molecule has 4 aliphatic heterocycles. The summed E-state index contributed by atoms with van der Waals surface area (Å²) in [4.78, 5) is 59.7. The van der Waals surface area contributed by atoms with Crippen molar-refractivity contribution in [3.8, 4) is 28.1 Å². The number of hydrogen-bond donors (Lipinski definition) is 5. The minimum Gasteiger partial charge on any atom is -0.488 e. The molecule has 7 atom stereocenters. The molecule has 2 aromatic heterocycles. The summed E-state index contributed by atoms with van der Waals surface area (Å²) in [6.45, 7) is 10.3. The van der Waals surface area contributed by atoms with Gasteiger partial charge in [0, 0.05) is 36.8 Å². The Balaban J connectivity index is 0.968. The highest BCUT2D eigenvalue weighted by Gasteiger charge is 2.44. The van der Waals surface area contributed by atoms with Crippen LogP contribution in [0.1, 0.15) is 95.5 Å². The lowest BCUT2D eigenvalue weighted by Crippen LogP contribution is -2.56. The topological polar surface area (TPSA) is 196 Å². The summed E-state index contributed by atoms with van der Waals surface area (Å²) in [5, 5.41) is 19.8. The van der Waals surface area contributed by atoms with Crippen molar-refractivity contribution in [3.05, 3.63) is 65.9 Å². The smallest absolute Gasteiger partial charge is 0.407 e. The Morgan fingerprint density at radius 1 is 0.938 bits per heavy atom. The van der Waals surface area contributed by atoms with Gasteiger partial charge in [-0.2, -0.15) is 0 Å². The zero-order valence-electron chi connectivity index (χ0n) is 37.5. The van der Waals surface area contributed by atoms with Crippen molar-refractivity contribution in [1.82, 2.24) is 40.4 Å². The summed E-state index contributed by atoms with van der Waals surface area (Å²) < 4.78 is 21.9. The Hall–Kier alpha value is -5.71. The van der Waals surface area contributed by atoms with E-state index >= 15 is 0 Å². The summed E-state index contributed by atoms with van der Waals surface area (Å²) in [6.07, 6.45) is 4.54. The van der Waals surface area contributed by atoms with Crippen LogP contribution in [-0.2, 0) is 25.6 Å². The van der Waals surface area contributed by atoms with Crippen LogP contribution >= 0.6 is 0 Å². The number of imidazole rings is 2. The molecule has 0 spiro atoms. The third-order valence-electron chi connectivity index (χ3n) is 14.1. The van der Waals surface area contributed by atoms with Gasteiger partial charge in [-0.15, -0.1) is 0 Å². The van der Waals surface area contributed by atoms with Crippen molar-refractivity contribution >= 4 is 39.9 Å². The fraction of sp³-hybridized carbons (Fsp3) is 0.521. The van der Waals surface area contributed by atoms with E-state index in [4.69, 9.17) is 28.9 Å². The van der Waals surface area contributed by atoms with Gasteiger partial charge in [-0.25, -0.2) is 19.6 Å². The number of hydrogen-bond acceptors (Lipinski definition) is 11. The number of nitrogens with zero attached hydrogens (tertiary/aromatic N) is 4. The Morgan fingerprint density at radius 3 is 2.47 bits per heavy atom. The van der Waals surface area contributed by atoms with Gasteiger partial charge in [0.15, 0.2) is 0 Å². The van der Waals surface area contributed by atoms with E-state index in [2.05, 4.69) is 74.9 Å². The predicted molar refractivity (Wildman–Crippen MR) is 240 cm³/mol. The van der Waals surface area contributed by atoms with Crippen LogP contribution in [0.5, 0.6) is 5.75 Å². The van der Waals surface area contributed by atoms with Crippen LogP contribution in [0.3, 0.4) is 0 Å². The molecular weight excluding hydrogens is 817 g/mol. The van der Waals surface area contributed by atoms with Crippen molar-refractivity contribution < 1.29 is 38.4 Å². The summed E-state index contributed by atoms with van der Waals surface area (Å²) in [6, 6.07) is 13.1. The van der Waals surface area contributed by atoms with E-state index < -0.39 is 30.5 Å². The molecule has 64 heavy (non-hydrogen) atoms. The summed E-state index contributed by atoms with van der Waals surface area (Å²) in [7, 11) is 2.64. The van der Waals surface area contributed by atoms with E-state index in [1.165, 1.54) is 14.2 Å². The van der Waals surface area contributed by atoms with Crippen molar-refractivity contribution in [1.29, 1.82) is 0 Å². The molecule has 6 heterocycles. The van der Waals surface area contributed by atoms with Crippen molar-refractivity contribution in [3.63, 3.8) is 0 Å². The number of amides is 3. The predicted octanol–water partition coefficient (Wildman–Crippen LogP) is 7.34. The molecule has 1 unspecified atom stereocenters. The van der Waals surface area contributed by atoms with Crippen LogP contribution < -0.4 is 15.4 Å². The lowest BCUT2D eigenvalue weighted by atomic mass is 9.90. The largest absolute Gasteiger partial charge is 0.488 e. The minimum atomic E-state index is -0.942. The Labute approximate surface area is 372 Å². The minimum absolute atomic E-state index is 0.0151. The number of ether oxygens (including phenoxy) is 4. The first-order chi connectivity index (χ1) is 31.0. The van der Waals surface area contributed by atoms with Crippen LogP contribution in [0.15, 0.2) is 48.7 Å². The molecule has 3 aromatic carbocycles. The Bertz CT molecular complexity index is 2530. The highest BCUT2D eigenvalue weighted by Crippen LogP contribution is 2.45. The first kappa shape index (κ1) is 43.5. The number of aliphatic hydroxyl groups is 1. The maximum Gasteiger partial charge on any atom is 0.407 e. The van der Waals surface area contributed by atoms with E-state index in [1.807, 2.05) is 31.9 Å². The monoisotopic (exact) mass is 876 g/mol. The number of methoxy groups -OCH3 is 2. The lowest BCUT2D eigenvalue weighted by molar-refractivity contribution is -0.137. The third-order valence-corrected chi connectivity index (χ3v) is 14.1. The molecule has 5 aromatic rings. The second-order valence-corrected chi connectivity index (χ2v) is 18.3. The molecule has 16 nitrogen and oxygen atoms in total. The van der Waals surface area contributed by atoms with Crippen LogP contribution in [0.25, 0.3) is 44.2 Å². The first-order valence-electron chi connectivity index (χ1n) is 22.8. The number of aliphatic hydroxyl groups excluding tert-OH is 1. The van der Waals surface area contributed by atoms with Crippen LogP contribution in [0.2, 0.25) is 0 Å². The Kier molecular flexibility index (Phi) is 12.3. The number of aromatic nitrogens is 4. The number of nitrogens with one attached hydrogen (secondary N) is 4. The van der Waals surface area contributed by atoms with E-state index in [-0.39, 0.29) is 35.9 Å². The molecule has 0 aliphatic carbocycles. The molecule has 3 amide bonds. The second kappa shape index (κ2) is 18.0. The molecule has 5 N–H and O–H groups in total. The molecule has 0 saturated carbocycles. The first-order valence-corrected chi connectivity index (χ1v) is 22.8. The van der Waals surface area contributed by atoms with Gasteiger partial charge in [-0.05, 0) is 103 Å². The number of fused-ring (bicyclic) bond motifs is 6. The maximum absolute atomic E-state index is 13.9. The number of aromatic amines is 2. The maximum atomic E-state index is 13.9. The number of carbonyl (C=O) groups excluding carboxylic acids is 3. The van der Waals surface area contributed by atoms with Gasteiger partial charge in [0.05, 0.1) is 55.3 Å². The van der Waals surface area contributed by atoms with Gasteiger partial charge in [0.25, 0.3) is 0 Å². The summed E-state index contributed by atoms with van der Waals surface area (Å²) >= 11 is 0. The van der Waals surface area contributed by atoms with Crippen LogP contribution in [0.4, 0.5) is 9.59 Å². The summed E-state index contributed by atoms with van der Waals surface area (Å²) in [5.41, 5.74) is 6.70. The SMILES string of the molecule is CC[C@H]1C[C@@H](c2nc3c(ccc4cc5c(cc43)OCc3cc(-c4cnc([C@@H]6CC[C@H](C)N6C(=O)[C@@H](NC(=O)OC)C(C)C)[nH]4)ccc3-5)[nH]2)N(C(O)[C@@H](NC(=O)OC)C2CCOCC2)C1. The second-order valence-electron chi connectivity index (χ2n) is 18.3. The molecule has 16 heteroatoms. The van der Waals surface area contributed by atoms with E-state index in [0.29, 0.717) is 38.1 Å². The molecule has 9 rings (SSSR count). The standard InChI is InChI=1S/C48H60N8O8/c1-7-27-18-38(55(23-27)45(57)41(54-48(60)62-6)28-14-16-63-17-15-28)44-50-35-12-10-29-20-34-32-11-9-30(19-31(32)24-64-39(34)21-33(29)42(35)52-44)36-22-49-43(51-36)37-13-8-26(4)56(37)46(58)40(25(2)3)53-47(59)61-5/h9-12,19-22,25-28,37-38,40-41,45,57H,7-8,13-18,23-24H2,1-6H3,(H,49,51)(H,50,52)(H,53,59)(H,54,60)/t26-,27-,37-,38-,40-,41-,45?/m0/s1. The van der Waals surface area contributed by atoms with Crippen molar-refractivity contribution in [2.75, 3.05) is 34.0 Å². The number of likely N-dealkylation sites (tertiary alicyclic amines) is 2. The van der Waals surface area contributed by atoms with E-state index in [9.17, 15) is 19.5 Å². The normalized spacial score (nSPS) is 22.8. The molecule has 0 radical (unpaired) electrons. The molecule has 340 valence electrons. The van der Waals surface area contributed by atoms with Gasteiger partial charge < -0.3 is 49.6 Å². The molecule has 3 fully saturated rings. The van der Waals surface area contributed by atoms with Crippen molar-refractivity contribution in [2.24, 2.45) is 17.8 Å². The van der Waals surface area contributed by atoms with Gasteiger partial charge in [0.1, 0.15) is 36.3 Å². The van der Waals surface area contributed by atoms with Gasteiger partial charge in [-0.1, -0.05) is 45.4 Å². The highest BCUT2D eigenvalue weighted by atomic mass is 16.5. The number of rotatable bonds is 11. The molecule has 0 bridgehead atoms. The Morgan fingerprint density at radius 2 is 1.72 bits per heavy atom. The fourth-order valence-electron chi connectivity index (χ4n) is 10.5. The van der Waals surface area contributed by atoms with Crippen LogP contribution in [0, 0.1) is 17.8 Å². The lowest BCUT2D eigenvalue weighted by Gasteiger charge is -2.39. The zero-order valence-corrected chi connectivity index (χ0v) is 37.5. The van der Waals surface area contributed by atoms with Gasteiger partial charge in [-0.3, -0.25) is 9.69 Å². The number of H-pyrrole nitrogens is 2. The molecule has 3 saturated heterocycles. The van der Waals surface area contributed by atoms with E-state index in [1.54, 1.807) is 0 Å². The number of carbonyl (C=O) groups is 3. The average Bonchev–Trinajstić information content (AvgIpc) is 4.14. The molecular formula is C48H60N8O8. The molecule has 4 aliphatic rings. The van der Waals surface area contributed by atoms with Gasteiger partial charge in [0.2, 0.25) is 5.91 Å². The van der Waals surface area contributed by atoms with Crippen LogP contribution in [-0.4, -0.2) is 111 Å². The third kappa shape index (κ3) is 8.15. The zero-order chi connectivity index (χ0) is 44.8. The van der Waals surface area contributed by atoms with E-state index in [0.717, 1.165) is 99.9 Å². The number of alkyl carbamates (subject to hydrolysis) is 2. The van der Waals surface area contributed by atoms with Gasteiger partial charge >= 0.3 is 12.2 Å². The summed E-state index contributed by atoms with van der Waals surface area (Å²) in [5.74, 6) is 2.41. The average molecular weight is 877 g/mol. The van der Waals surface area contributed by atoms with Crippen molar-refractivity contribution in [2.45, 2.75) is 109 Å².